The van der Waals surface area contributed by atoms with Gasteiger partial charge >= 0.3 is 0 Å². The van der Waals surface area contributed by atoms with Crippen LogP contribution in [0.15, 0.2) is 22.6 Å². The molecule has 1 heterocycles. The first-order valence-corrected chi connectivity index (χ1v) is 6.85. The van der Waals surface area contributed by atoms with Crippen molar-refractivity contribution in [2.24, 2.45) is 11.7 Å². The van der Waals surface area contributed by atoms with Crippen LogP contribution in [-0.4, -0.2) is 11.5 Å². The van der Waals surface area contributed by atoms with E-state index >= 15 is 0 Å². The molecule has 18 heavy (non-hydrogen) atoms. The minimum Gasteiger partial charge on any atom is -0.440 e. The number of aryl methyl sites for hydroxylation is 1. The van der Waals surface area contributed by atoms with E-state index in [1.165, 1.54) is 24.8 Å². The number of para-hydroxylation sites is 1. The highest BCUT2D eigenvalue weighted by molar-refractivity contribution is 5.76. The van der Waals surface area contributed by atoms with Crippen molar-refractivity contribution >= 4 is 11.1 Å². The standard InChI is InChI=1S/C15H20N2O/c1-10-5-4-8-13-14(10)17-15(18-13)12-7-3-2-6-11(12)9-16/h4-5,8,11-12H,2-3,6-7,9,16H2,1H3. The van der Waals surface area contributed by atoms with Gasteiger partial charge in [0.2, 0.25) is 0 Å². The van der Waals surface area contributed by atoms with Crippen LogP contribution in [-0.2, 0) is 0 Å². The number of hydrogen-bond acceptors (Lipinski definition) is 3. The van der Waals surface area contributed by atoms with Gasteiger partial charge in [-0.15, -0.1) is 0 Å². The van der Waals surface area contributed by atoms with E-state index in [4.69, 9.17) is 15.1 Å². The van der Waals surface area contributed by atoms with Crippen molar-refractivity contribution in [2.75, 3.05) is 6.54 Å². The minimum absolute atomic E-state index is 0.413. The molecule has 1 aromatic carbocycles. The largest absolute Gasteiger partial charge is 0.440 e. The fourth-order valence-corrected chi connectivity index (χ4v) is 3.08. The zero-order valence-corrected chi connectivity index (χ0v) is 10.9. The van der Waals surface area contributed by atoms with Crippen LogP contribution in [0.3, 0.4) is 0 Å². The molecule has 1 fully saturated rings. The van der Waals surface area contributed by atoms with E-state index in [1.807, 2.05) is 12.1 Å². The van der Waals surface area contributed by atoms with Crippen molar-refractivity contribution in [3.63, 3.8) is 0 Å². The molecule has 1 aliphatic rings. The van der Waals surface area contributed by atoms with E-state index in [0.29, 0.717) is 11.8 Å². The van der Waals surface area contributed by atoms with Crippen molar-refractivity contribution in [3.05, 3.63) is 29.7 Å². The topological polar surface area (TPSA) is 52.0 Å². The van der Waals surface area contributed by atoms with Crippen molar-refractivity contribution in [3.8, 4) is 0 Å². The van der Waals surface area contributed by atoms with Crippen molar-refractivity contribution in [1.82, 2.24) is 4.98 Å². The Balaban J connectivity index is 2.00. The summed E-state index contributed by atoms with van der Waals surface area (Å²) in [6.07, 6.45) is 4.92. The number of benzene rings is 1. The lowest BCUT2D eigenvalue weighted by atomic mass is 9.79. The summed E-state index contributed by atoms with van der Waals surface area (Å²) in [5.41, 5.74) is 8.99. The maximum Gasteiger partial charge on any atom is 0.198 e. The van der Waals surface area contributed by atoms with Gasteiger partial charge in [0, 0.05) is 5.92 Å². The van der Waals surface area contributed by atoms with E-state index in [9.17, 15) is 0 Å². The smallest absolute Gasteiger partial charge is 0.198 e. The summed E-state index contributed by atoms with van der Waals surface area (Å²) in [5.74, 6) is 1.84. The predicted molar refractivity (Wildman–Crippen MR) is 72.5 cm³/mol. The van der Waals surface area contributed by atoms with Crippen LogP contribution in [0.1, 0.15) is 43.1 Å². The summed E-state index contributed by atoms with van der Waals surface area (Å²) in [5, 5.41) is 0. The van der Waals surface area contributed by atoms with Gasteiger partial charge < -0.3 is 10.2 Å². The molecule has 0 amide bonds. The molecular formula is C15H20N2O. The molecule has 3 nitrogen and oxygen atoms in total. The predicted octanol–water partition coefficient (Wildman–Crippen LogP) is 3.37. The number of rotatable bonds is 2. The molecule has 0 radical (unpaired) electrons. The van der Waals surface area contributed by atoms with Gasteiger partial charge in [-0.3, -0.25) is 0 Å². The lowest BCUT2D eigenvalue weighted by Crippen LogP contribution is -2.25. The average molecular weight is 244 g/mol. The van der Waals surface area contributed by atoms with Crippen LogP contribution in [0.4, 0.5) is 0 Å². The summed E-state index contributed by atoms with van der Waals surface area (Å²) in [6.45, 7) is 2.82. The van der Waals surface area contributed by atoms with E-state index in [0.717, 1.165) is 30.0 Å². The van der Waals surface area contributed by atoms with Gasteiger partial charge in [-0.05, 0) is 43.9 Å². The van der Waals surface area contributed by atoms with Gasteiger partial charge in [0.25, 0.3) is 0 Å². The van der Waals surface area contributed by atoms with E-state index in [2.05, 4.69) is 13.0 Å². The lowest BCUT2D eigenvalue weighted by molar-refractivity contribution is 0.275. The second-order valence-corrected chi connectivity index (χ2v) is 5.36. The number of fused-ring (bicyclic) bond motifs is 1. The maximum absolute atomic E-state index is 5.95. The highest BCUT2D eigenvalue weighted by Gasteiger charge is 2.29. The highest BCUT2D eigenvalue weighted by Crippen LogP contribution is 2.38. The summed E-state index contributed by atoms with van der Waals surface area (Å²) in [4.78, 5) is 4.71. The molecule has 1 saturated carbocycles. The first-order chi connectivity index (χ1) is 8.79. The first kappa shape index (κ1) is 11.7. The Labute approximate surface area is 107 Å². The van der Waals surface area contributed by atoms with Crippen molar-refractivity contribution < 1.29 is 4.42 Å². The molecule has 1 aromatic heterocycles. The van der Waals surface area contributed by atoms with E-state index < -0.39 is 0 Å². The maximum atomic E-state index is 5.95. The van der Waals surface area contributed by atoms with E-state index in [-0.39, 0.29) is 0 Å². The quantitative estimate of drug-likeness (QED) is 0.881. The summed E-state index contributed by atoms with van der Waals surface area (Å²) in [6, 6.07) is 6.10. The number of hydrogen-bond donors (Lipinski definition) is 1. The average Bonchev–Trinajstić information content (AvgIpc) is 2.84. The molecule has 0 saturated heterocycles. The Morgan fingerprint density at radius 1 is 1.33 bits per heavy atom. The van der Waals surface area contributed by atoms with Crippen LogP contribution in [0.5, 0.6) is 0 Å². The lowest BCUT2D eigenvalue weighted by Gasteiger charge is -2.27. The molecule has 0 aliphatic heterocycles. The van der Waals surface area contributed by atoms with Gasteiger partial charge in [0.1, 0.15) is 5.52 Å². The molecule has 2 N–H and O–H groups in total. The third-order valence-corrected chi connectivity index (χ3v) is 4.17. The molecule has 0 spiro atoms. The summed E-state index contributed by atoms with van der Waals surface area (Å²) < 4.78 is 5.95. The Kier molecular flexibility index (Phi) is 3.08. The monoisotopic (exact) mass is 244 g/mol. The normalized spacial score (nSPS) is 24.6. The molecule has 2 unspecified atom stereocenters. The summed E-state index contributed by atoms with van der Waals surface area (Å²) in [7, 11) is 0. The minimum atomic E-state index is 0.413. The number of nitrogens with zero attached hydrogens (tertiary/aromatic N) is 1. The van der Waals surface area contributed by atoms with Crippen LogP contribution in [0.2, 0.25) is 0 Å². The second-order valence-electron chi connectivity index (χ2n) is 5.36. The fourth-order valence-electron chi connectivity index (χ4n) is 3.08. The number of aromatic nitrogens is 1. The SMILES string of the molecule is Cc1cccc2oc(C3CCCCC3CN)nc12. The Morgan fingerprint density at radius 2 is 2.17 bits per heavy atom. The number of oxazole rings is 1. The molecule has 0 bridgehead atoms. The first-order valence-electron chi connectivity index (χ1n) is 6.85. The van der Waals surface area contributed by atoms with Gasteiger partial charge in [-0.25, -0.2) is 4.98 Å². The van der Waals surface area contributed by atoms with Crippen LogP contribution in [0, 0.1) is 12.8 Å². The fraction of sp³-hybridized carbons (Fsp3) is 0.533. The molecule has 3 heteroatoms. The third kappa shape index (κ3) is 1.93. The van der Waals surface area contributed by atoms with Gasteiger partial charge in [-0.2, -0.15) is 0 Å². The zero-order valence-electron chi connectivity index (χ0n) is 10.9. The van der Waals surface area contributed by atoms with Gasteiger partial charge in [0.05, 0.1) is 0 Å². The molecule has 3 rings (SSSR count). The highest BCUT2D eigenvalue weighted by atomic mass is 16.3. The van der Waals surface area contributed by atoms with Crippen LogP contribution in [0.25, 0.3) is 11.1 Å². The van der Waals surface area contributed by atoms with Gasteiger partial charge in [-0.1, -0.05) is 25.0 Å². The van der Waals surface area contributed by atoms with E-state index in [1.54, 1.807) is 0 Å². The second kappa shape index (κ2) is 4.73. The zero-order chi connectivity index (χ0) is 12.5. The third-order valence-electron chi connectivity index (χ3n) is 4.17. The number of nitrogens with two attached hydrogens (primary N) is 1. The molecule has 2 aromatic rings. The Bertz CT molecular complexity index is 546. The Morgan fingerprint density at radius 3 is 2.94 bits per heavy atom. The molecule has 96 valence electrons. The Hall–Kier alpha value is -1.35. The van der Waals surface area contributed by atoms with Crippen LogP contribution >= 0.6 is 0 Å². The van der Waals surface area contributed by atoms with Crippen molar-refractivity contribution in [2.45, 2.75) is 38.5 Å². The molecule has 2 atom stereocenters. The summed E-state index contributed by atoms with van der Waals surface area (Å²) >= 11 is 0. The molecular weight excluding hydrogens is 224 g/mol. The van der Waals surface area contributed by atoms with Gasteiger partial charge in [0.15, 0.2) is 11.5 Å². The van der Waals surface area contributed by atoms with Crippen LogP contribution < -0.4 is 5.73 Å². The van der Waals surface area contributed by atoms with Crippen molar-refractivity contribution in [1.29, 1.82) is 0 Å². The molecule has 1 aliphatic carbocycles.